The van der Waals surface area contributed by atoms with Gasteiger partial charge in [-0.3, -0.25) is 4.79 Å². The smallest absolute Gasteiger partial charge is 0.315 e. The van der Waals surface area contributed by atoms with Gasteiger partial charge in [0.05, 0.1) is 6.54 Å². The summed E-state index contributed by atoms with van der Waals surface area (Å²) in [5, 5.41) is 8.00. The molecule has 120 valence electrons. The standard InChI is InChI=1S/C18H21N3O2/c1-13-8-9-16(10-14(13)2)21-17(22)12-20-18(23)19-11-15-6-4-3-5-7-15/h3-10H,11-12H2,1-2H3,(H,21,22)(H2,19,20,23). The van der Waals surface area contributed by atoms with Gasteiger partial charge in [-0.1, -0.05) is 36.4 Å². The number of benzene rings is 2. The van der Waals surface area contributed by atoms with Gasteiger partial charge in [0.1, 0.15) is 0 Å². The van der Waals surface area contributed by atoms with E-state index in [9.17, 15) is 9.59 Å². The number of carbonyl (C=O) groups excluding carboxylic acids is 2. The second kappa shape index (κ2) is 7.98. The summed E-state index contributed by atoms with van der Waals surface area (Å²) < 4.78 is 0. The molecule has 0 aliphatic rings. The monoisotopic (exact) mass is 311 g/mol. The van der Waals surface area contributed by atoms with E-state index in [1.54, 1.807) is 0 Å². The van der Waals surface area contributed by atoms with Gasteiger partial charge in [-0.2, -0.15) is 0 Å². The van der Waals surface area contributed by atoms with Crippen molar-refractivity contribution in [3.63, 3.8) is 0 Å². The van der Waals surface area contributed by atoms with Crippen LogP contribution < -0.4 is 16.0 Å². The predicted molar refractivity (Wildman–Crippen MR) is 91.2 cm³/mol. The molecular weight excluding hydrogens is 290 g/mol. The normalized spacial score (nSPS) is 10.0. The first kappa shape index (κ1) is 16.5. The van der Waals surface area contributed by atoms with Crippen LogP contribution in [0.4, 0.5) is 10.5 Å². The zero-order valence-electron chi connectivity index (χ0n) is 13.3. The quantitative estimate of drug-likeness (QED) is 0.794. The van der Waals surface area contributed by atoms with Gasteiger partial charge < -0.3 is 16.0 Å². The molecule has 0 heterocycles. The minimum absolute atomic E-state index is 0.0758. The van der Waals surface area contributed by atoms with Crippen LogP contribution in [0.2, 0.25) is 0 Å². The number of carbonyl (C=O) groups is 2. The highest BCUT2D eigenvalue weighted by Gasteiger charge is 2.06. The number of hydrogen-bond acceptors (Lipinski definition) is 2. The fourth-order valence-corrected chi connectivity index (χ4v) is 2.03. The number of rotatable bonds is 5. The molecular formula is C18H21N3O2. The van der Waals surface area contributed by atoms with E-state index in [2.05, 4.69) is 16.0 Å². The second-order valence-electron chi connectivity index (χ2n) is 5.37. The van der Waals surface area contributed by atoms with Crippen molar-refractivity contribution < 1.29 is 9.59 Å². The SMILES string of the molecule is Cc1ccc(NC(=O)CNC(=O)NCc2ccccc2)cc1C. The number of amides is 3. The molecule has 2 aromatic carbocycles. The van der Waals surface area contributed by atoms with Crippen molar-refractivity contribution in [2.24, 2.45) is 0 Å². The van der Waals surface area contributed by atoms with Crippen molar-refractivity contribution in [2.45, 2.75) is 20.4 Å². The summed E-state index contributed by atoms with van der Waals surface area (Å²) in [4.78, 5) is 23.5. The highest BCUT2D eigenvalue weighted by molar-refractivity contribution is 5.94. The Kier molecular flexibility index (Phi) is 5.74. The number of nitrogens with one attached hydrogen (secondary N) is 3. The molecule has 3 amide bonds. The van der Waals surface area contributed by atoms with Crippen molar-refractivity contribution in [2.75, 3.05) is 11.9 Å². The Balaban J connectivity index is 1.73. The molecule has 0 spiro atoms. The van der Waals surface area contributed by atoms with Gasteiger partial charge in [0.15, 0.2) is 0 Å². The van der Waals surface area contributed by atoms with Crippen LogP contribution in [0.15, 0.2) is 48.5 Å². The third-order valence-electron chi connectivity index (χ3n) is 3.50. The molecule has 5 nitrogen and oxygen atoms in total. The maximum Gasteiger partial charge on any atom is 0.315 e. The van der Waals surface area contributed by atoms with Crippen LogP contribution in [-0.4, -0.2) is 18.5 Å². The molecule has 2 aromatic rings. The van der Waals surface area contributed by atoms with Crippen LogP contribution in [0.3, 0.4) is 0 Å². The summed E-state index contributed by atoms with van der Waals surface area (Å²) in [7, 11) is 0. The van der Waals surface area contributed by atoms with Gasteiger partial charge in [-0.15, -0.1) is 0 Å². The van der Waals surface area contributed by atoms with Crippen LogP contribution in [0.25, 0.3) is 0 Å². The van der Waals surface area contributed by atoms with E-state index in [1.807, 2.05) is 62.4 Å². The Labute approximate surface area is 136 Å². The van der Waals surface area contributed by atoms with Gasteiger partial charge in [0.2, 0.25) is 5.91 Å². The molecule has 0 radical (unpaired) electrons. The summed E-state index contributed by atoms with van der Waals surface area (Å²) in [6.07, 6.45) is 0. The van der Waals surface area contributed by atoms with E-state index < -0.39 is 0 Å². The molecule has 0 unspecified atom stereocenters. The molecule has 0 atom stereocenters. The molecule has 0 aliphatic heterocycles. The first-order chi connectivity index (χ1) is 11.0. The summed E-state index contributed by atoms with van der Waals surface area (Å²) in [6.45, 7) is 4.35. The zero-order chi connectivity index (χ0) is 16.7. The van der Waals surface area contributed by atoms with Crippen LogP contribution in [0.1, 0.15) is 16.7 Å². The lowest BCUT2D eigenvalue weighted by Gasteiger charge is -2.09. The Morgan fingerprint density at radius 2 is 1.65 bits per heavy atom. The molecule has 0 fully saturated rings. The van der Waals surface area contributed by atoms with E-state index in [0.717, 1.165) is 16.8 Å². The molecule has 0 saturated heterocycles. The Bertz CT molecular complexity index is 684. The fourth-order valence-electron chi connectivity index (χ4n) is 2.03. The average molecular weight is 311 g/mol. The van der Waals surface area contributed by atoms with Crippen molar-refractivity contribution >= 4 is 17.6 Å². The highest BCUT2D eigenvalue weighted by Crippen LogP contribution is 2.13. The summed E-state index contributed by atoms with van der Waals surface area (Å²) >= 11 is 0. The van der Waals surface area contributed by atoms with E-state index in [0.29, 0.717) is 6.54 Å². The van der Waals surface area contributed by atoms with Gasteiger partial charge >= 0.3 is 6.03 Å². The molecule has 23 heavy (non-hydrogen) atoms. The lowest BCUT2D eigenvalue weighted by atomic mass is 10.1. The fraction of sp³-hybridized carbons (Fsp3) is 0.222. The minimum Gasteiger partial charge on any atom is -0.334 e. The molecule has 3 N–H and O–H groups in total. The van der Waals surface area contributed by atoms with Crippen LogP contribution >= 0.6 is 0 Å². The van der Waals surface area contributed by atoms with Crippen LogP contribution in [0.5, 0.6) is 0 Å². The largest absolute Gasteiger partial charge is 0.334 e. The van der Waals surface area contributed by atoms with E-state index in [1.165, 1.54) is 5.56 Å². The third kappa shape index (κ3) is 5.47. The molecule has 0 aromatic heterocycles. The van der Waals surface area contributed by atoms with Crippen molar-refractivity contribution in [3.8, 4) is 0 Å². The number of urea groups is 1. The maximum atomic E-state index is 11.8. The second-order valence-corrected chi connectivity index (χ2v) is 5.37. The number of hydrogen-bond donors (Lipinski definition) is 3. The molecule has 0 saturated carbocycles. The summed E-state index contributed by atoms with van der Waals surface area (Å²) in [6, 6.07) is 14.9. The van der Waals surface area contributed by atoms with Gasteiger partial charge in [-0.05, 0) is 42.7 Å². The molecule has 5 heteroatoms. The average Bonchev–Trinajstić information content (AvgIpc) is 2.55. The number of anilines is 1. The van der Waals surface area contributed by atoms with E-state index in [-0.39, 0.29) is 18.5 Å². The van der Waals surface area contributed by atoms with Gasteiger partial charge in [0.25, 0.3) is 0 Å². The Morgan fingerprint density at radius 3 is 2.35 bits per heavy atom. The Morgan fingerprint density at radius 1 is 0.913 bits per heavy atom. The topological polar surface area (TPSA) is 70.2 Å². The lowest BCUT2D eigenvalue weighted by Crippen LogP contribution is -2.39. The van der Waals surface area contributed by atoms with Crippen molar-refractivity contribution in [3.05, 3.63) is 65.2 Å². The van der Waals surface area contributed by atoms with E-state index in [4.69, 9.17) is 0 Å². The first-order valence-corrected chi connectivity index (χ1v) is 7.47. The van der Waals surface area contributed by atoms with Gasteiger partial charge in [0, 0.05) is 12.2 Å². The Hall–Kier alpha value is -2.82. The molecule has 2 rings (SSSR count). The summed E-state index contributed by atoms with van der Waals surface area (Å²) in [5.74, 6) is -0.261. The van der Waals surface area contributed by atoms with Crippen LogP contribution in [0, 0.1) is 13.8 Å². The first-order valence-electron chi connectivity index (χ1n) is 7.47. The van der Waals surface area contributed by atoms with Crippen molar-refractivity contribution in [1.82, 2.24) is 10.6 Å². The van der Waals surface area contributed by atoms with Gasteiger partial charge in [-0.25, -0.2) is 4.79 Å². The molecule has 0 aliphatic carbocycles. The third-order valence-corrected chi connectivity index (χ3v) is 3.50. The summed E-state index contributed by atoms with van der Waals surface area (Å²) in [5.41, 5.74) is 4.00. The van der Waals surface area contributed by atoms with E-state index >= 15 is 0 Å². The van der Waals surface area contributed by atoms with Crippen molar-refractivity contribution in [1.29, 1.82) is 0 Å². The maximum absolute atomic E-state index is 11.8. The number of aryl methyl sites for hydroxylation is 2. The van der Waals surface area contributed by atoms with Crippen LogP contribution in [-0.2, 0) is 11.3 Å². The highest BCUT2D eigenvalue weighted by atomic mass is 16.2. The molecule has 0 bridgehead atoms. The minimum atomic E-state index is -0.371. The lowest BCUT2D eigenvalue weighted by molar-refractivity contribution is -0.115. The predicted octanol–water partition coefficient (Wildman–Crippen LogP) is 2.74. The zero-order valence-corrected chi connectivity index (χ0v) is 13.3.